The van der Waals surface area contributed by atoms with Crippen LogP contribution in [-0.2, 0) is 19.4 Å². The Morgan fingerprint density at radius 3 is 2.84 bits per heavy atom. The molecular formula is C17H17FN4OS2. The monoisotopic (exact) mass is 376 g/mol. The van der Waals surface area contributed by atoms with Crippen molar-refractivity contribution in [3.63, 3.8) is 0 Å². The van der Waals surface area contributed by atoms with Crippen molar-refractivity contribution in [3.05, 3.63) is 52.0 Å². The molecule has 4 rings (SSSR count). The van der Waals surface area contributed by atoms with Crippen LogP contribution in [0.1, 0.15) is 35.3 Å². The second-order valence-corrected chi connectivity index (χ2v) is 7.82. The van der Waals surface area contributed by atoms with Gasteiger partial charge in [-0.25, -0.2) is 9.37 Å². The Balaban J connectivity index is 1.31. The smallest absolute Gasteiger partial charge is 0.191 e. The van der Waals surface area contributed by atoms with Crippen LogP contribution in [0.3, 0.4) is 0 Å². The minimum absolute atomic E-state index is 0.269. The van der Waals surface area contributed by atoms with Gasteiger partial charge in [-0.05, 0) is 37.1 Å². The molecule has 0 amide bonds. The van der Waals surface area contributed by atoms with E-state index in [-0.39, 0.29) is 5.82 Å². The van der Waals surface area contributed by atoms with Gasteiger partial charge in [0.2, 0.25) is 0 Å². The highest BCUT2D eigenvalue weighted by Crippen LogP contribution is 2.39. The van der Waals surface area contributed by atoms with Crippen LogP contribution < -0.4 is 4.74 Å². The number of nitrogens with zero attached hydrogens (tertiary/aromatic N) is 4. The van der Waals surface area contributed by atoms with Crippen LogP contribution in [0.25, 0.3) is 0 Å². The van der Waals surface area contributed by atoms with Crippen molar-refractivity contribution in [3.8, 4) is 5.75 Å². The highest BCUT2D eigenvalue weighted by atomic mass is 32.2. The van der Waals surface area contributed by atoms with E-state index >= 15 is 0 Å². The van der Waals surface area contributed by atoms with Gasteiger partial charge in [0.15, 0.2) is 5.16 Å². The molecule has 0 radical (unpaired) electrons. The Morgan fingerprint density at radius 1 is 1.28 bits per heavy atom. The summed E-state index contributed by atoms with van der Waals surface area (Å²) in [6.45, 7) is 0.386. The fraction of sp³-hybridized carbons (Fsp3) is 0.353. The zero-order chi connectivity index (χ0) is 17.2. The van der Waals surface area contributed by atoms with E-state index in [1.54, 1.807) is 35.2 Å². The Hall–Kier alpha value is -1.93. The highest BCUT2D eigenvalue weighted by Gasteiger charge is 2.29. The Morgan fingerprint density at radius 2 is 2.08 bits per heavy atom. The average molecular weight is 376 g/mol. The number of thioether (sulfide) groups is 1. The van der Waals surface area contributed by atoms with E-state index in [4.69, 9.17) is 4.74 Å². The number of halogens is 1. The number of hydrogen-bond donors (Lipinski definition) is 0. The Kier molecular flexibility index (Phi) is 4.72. The third-order valence-corrected chi connectivity index (χ3v) is 5.86. The summed E-state index contributed by atoms with van der Waals surface area (Å²) < 4.78 is 20.6. The van der Waals surface area contributed by atoms with Crippen LogP contribution in [0, 0.1) is 5.82 Å². The summed E-state index contributed by atoms with van der Waals surface area (Å²) in [6, 6.07) is 6.00. The molecule has 0 N–H and O–H groups in total. The lowest BCUT2D eigenvalue weighted by atomic mass is 10.3. The predicted molar refractivity (Wildman–Crippen MR) is 95.4 cm³/mol. The summed E-state index contributed by atoms with van der Waals surface area (Å²) in [7, 11) is 2.03. The first-order valence-corrected chi connectivity index (χ1v) is 9.89. The maximum atomic E-state index is 12.9. The maximum absolute atomic E-state index is 12.9. The van der Waals surface area contributed by atoms with Gasteiger partial charge in [0.05, 0.1) is 5.69 Å². The van der Waals surface area contributed by atoms with Crippen LogP contribution >= 0.6 is 23.1 Å². The topological polar surface area (TPSA) is 52.8 Å². The quantitative estimate of drug-likeness (QED) is 0.580. The lowest BCUT2D eigenvalue weighted by Gasteiger charge is -2.03. The molecule has 8 heteroatoms. The first-order valence-electron chi connectivity index (χ1n) is 8.03. The van der Waals surface area contributed by atoms with Crippen molar-refractivity contribution < 1.29 is 9.13 Å². The normalized spacial score (nSPS) is 14.0. The van der Waals surface area contributed by atoms with Gasteiger partial charge >= 0.3 is 0 Å². The van der Waals surface area contributed by atoms with Crippen molar-refractivity contribution in [2.45, 2.75) is 36.3 Å². The molecule has 25 heavy (non-hydrogen) atoms. The Labute approximate surface area is 153 Å². The lowest BCUT2D eigenvalue weighted by molar-refractivity contribution is 0.305. The highest BCUT2D eigenvalue weighted by molar-refractivity contribution is 7.98. The molecule has 1 aliphatic carbocycles. The van der Waals surface area contributed by atoms with Crippen molar-refractivity contribution in [2.24, 2.45) is 7.05 Å². The molecule has 0 spiro atoms. The van der Waals surface area contributed by atoms with Gasteiger partial charge in [0.1, 0.15) is 29.0 Å². The maximum Gasteiger partial charge on any atom is 0.191 e. The van der Waals surface area contributed by atoms with E-state index in [0.29, 0.717) is 18.3 Å². The van der Waals surface area contributed by atoms with Crippen molar-refractivity contribution in [1.82, 2.24) is 19.7 Å². The lowest BCUT2D eigenvalue weighted by Crippen LogP contribution is -1.97. The molecule has 0 aliphatic heterocycles. The summed E-state index contributed by atoms with van der Waals surface area (Å²) in [5.74, 6) is 2.81. The minimum atomic E-state index is -0.269. The second-order valence-electron chi connectivity index (χ2n) is 5.94. The number of thiazole rings is 1. The fourth-order valence-electron chi connectivity index (χ4n) is 2.44. The van der Waals surface area contributed by atoms with Gasteiger partial charge in [-0.1, -0.05) is 11.8 Å². The minimum Gasteiger partial charge on any atom is -0.486 e. The largest absolute Gasteiger partial charge is 0.486 e. The van der Waals surface area contributed by atoms with E-state index in [0.717, 1.165) is 27.4 Å². The molecule has 3 aromatic rings. The zero-order valence-electron chi connectivity index (χ0n) is 13.7. The van der Waals surface area contributed by atoms with E-state index in [2.05, 4.69) is 19.7 Å². The summed E-state index contributed by atoms with van der Waals surface area (Å²) in [6.07, 6.45) is 2.44. The molecule has 1 aromatic carbocycles. The van der Waals surface area contributed by atoms with Gasteiger partial charge < -0.3 is 9.30 Å². The Bertz CT molecular complexity index is 858. The molecule has 1 fully saturated rings. The van der Waals surface area contributed by atoms with Crippen LogP contribution in [0.5, 0.6) is 5.75 Å². The molecule has 1 saturated carbocycles. The summed E-state index contributed by atoms with van der Waals surface area (Å²) in [5.41, 5.74) is 1.00. The van der Waals surface area contributed by atoms with Gasteiger partial charge in [-0.2, -0.15) is 0 Å². The number of benzene rings is 1. The zero-order valence-corrected chi connectivity index (χ0v) is 15.3. The van der Waals surface area contributed by atoms with Crippen molar-refractivity contribution in [1.29, 1.82) is 0 Å². The van der Waals surface area contributed by atoms with E-state index in [1.165, 1.54) is 25.0 Å². The summed E-state index contributed by atoms with van der Waals surface area (Å²) >= 11 is 3.21. The van der Waals surface area contributed by atoms with E-state index in [9.17, 15) is 4.39 Å². The fourth-order valence-corrected chi connectivity index (χ4v) is 4.07. The molecule has 2 heterocycles. The number of aromatic nitrogens is 4. The number of hydrogen-bond acceptors (Lipinski definition) is 6. The standard InChI is InChI=1S/C17H17FN4OS2/c1-22-16(11-2-3-11)20-21-17(22)25-10-13-9-24-15(19-13)8-23-14-6-4-12(18)5-7-14/h4-7,9,11H,2-3,8,10H2,1H3. The summed E-state index contributed by atoms with van der Waals surface area (Å²) in [5, 5.41) is 12.4. The average Bonchev–Trinajstić information content (AvgIpc) is 3.24. The van der Waals surface area contributed by atoms with Gasteiger partial charge in [0.25, 0.3) is 0 Å². The molecule has 1 aliphatic rings. The molecule has 2 aromatic heterocycles. The van der Waals surface area contributed by atoms with Crippen LogP contribution in [0.4, 0.5) is 4.39 Å². The molecule has 0 atom stereocenters. The molecule has 5 nitrogen and oxygen atoms in total. The second kappa shape index (κ2) is 7.13. The SMILES string of the molecule is Cn1c(SCc2csc(COc3ccc(F)cc3)n2)nnc1C1CC1. The van der Waals surface area contributed by atoms with Crippen LogP contribution in [0.2, 0.25) is 0 Å². The van der Waals surface area contributed by atoms with Gasteiger partial charge in [0, 0.05) is 24.1 Å². The van der Waals surface area contributed by atoms with Crippen molar-refractivity contribution in [2.75, 3.05) is 0 Å². The first kappa shape index (κ1) is 16.5. The molecule has 0 unspecified atom stereocenters. The predicted octanol–water partition coefficient (Wildman–Crippen LogP) is 4.16. The van der Waals surface area contributed by atoms with Crippen molar-refractivity contribution >= 4 is 23.1 Å². The summed E-state index contributed by atoms with van der Waals surface area (Å²) in [4.78, 5) is 4.58. The van der Waals surface area contributed by atoms with E-state index < -0.39 is 0 Å². The number of rotatable bonds is 7. The molecule has 130 valence electrons. The molecular weight excluding hydrogens is 359 g/mol. The van der Waals surface area contributed by atoms with Gasteiger partial charge in [-0.3, -0.25) is 0 Å². The first-order chi connectivity index (χ1) is 12.2. The third kappa shape index (κ3) is 4.01. The van der Waals surface area contributed by atoms with Crippen LogP contribution in [0.15, 0.2) is 34.8 Å². The third-order valence-electron chi connectivity index (χ3n) is 3.94. The molecule has 0 saturated heterocycles. The van der Waals surface area contributed by atoms with Gasteiger partial charge in [-0.15, -0.1) is 21.5 Å². The van der Waals surface area contributed by atoms with Crippen LogP contribution in [-0.4, -0.2) is 19.7 Å². The molecule has 0 bridgehead atoms. The number of ether oxygens (including phenoxy) is 1. The van der Waals surface area contributed by atoms with E-state index in [1.807, 2.05) is 12.4 Å².